The Morgan fingerprint density at radius 3 is 3.00 bits per heavy atom. The second-order valence-corrected chi connectivity index (χ2v) is 4.27. The number of pyridine rings is 1. The van der Waals surface area contributed by atoms with E-state index in [1.54, 1.807) is 25.2 Å². The lowest BCUT2D eigenvalue weighted by molar-refractivity contribution is 0.174. The van der Waals surface area contributed by atoms with Crippen molar-refractivity contribution in [3.05, 3.63) is 41.8 Å². The van der Waals surface area contributed by atoms with Crippen LogP contribution in [0.5, 0.6) is 23.1 Å². The van der Waals surface area contributed by atoms with Crippen molar-refractivity contribution in [1.82, 2.24) is 10.3 Å². The molecule has 0 saturated heterocycles. The van der Waals surface area contributed by atoms with E-state index in [1.807, 2.05) is 0 Å². The number of halogens is 1. The summed E-state index contributed by atoms with van der Waals surface area (Å²) >= 11 is 0. The lowest BCUT2D eigenvalue weighted by Crippen LogP contribution is -2.07. The molecule has 0 radical (unpaired) electrons. The van der Waals surface area contributed by atoms with Crippen LogP contribution in [0.25, 0.3) is 0 Å². The summed E-state index contributed by atoms with van der Waals surface area (Å²) in [5.74, 6) is 1.83. The monoisotopic (exact) mass is 276 g/mol. The Morgan fingerprint density at radius 1 is 1.30 bits per heavy atom. The fourth-order valence-corrected chi connectivity index (χ4v) is 1.93. The molecule has 2 heterocycles. The highest BCUT2D eigenvalue weighted by molar-refractivity contribution is 5.48. The number of ether oxygens (including phenoxy) is 3. The van der Waals surface area contributed by atoms with Gasteiger partial charge in [-0.1, -0.05) is 0 Å². The number of aromatic nitrogens is 1. The maximum Gasteiger partial charge on any atom is 0.231 e. The average molecular weight is 276 g/mol. The molecule has 0 bridgehead atoms. The van der Waals surface area contributed by atoms with Crippen molar-refractivity contribution in [3.8, 4) is 23.1 Å². The van der Waals surface area contributed by atoms with Gasteiger partial charge in [0.2, 0.25) is 12.7 Å². The van der Waals surface area contributed by atoms with E-state index in [9.17, 15) is 4.39 Å². The molecule has 1 aromatic carbocycles. The van der Waals surface area contributed by atoms with E-state index in [4.69, 9.17) is 14.2 Å². The summed E-state index contributed by atoms with van der Waals surface area (Å²) < 4.78 is 29.4. The summed E-state index contributed by atoms with van der Waals surface area (Å²) in [6.07, 6.45) is 1.13. The zero-order valence-corrected chi connectivity index (χ0v) is 10.9. The molecule has 2 aromatic rings. The van der Waals surface area contributed by atoms with E-state index >= 15 is 0 Å². The lowest BCUT2D eigenvalue weighted by Gasteiger charge is -2.10. The summed E-state index contributed by atoms with van der Waals surface area (Å²) in [5.41, 5.74) is 0.644. The fourth-order valence-electron chi connectivity index (χ4n) is 1.93. The largest absolute Gasteiger partial charge is 0.454 e. The first-order chi connectivity index (χ1) is 9.76. The molecule has 1 aliphatic rings. The standard InChI is InChI=1S/C14H13FN2O3/c1-16-6-9-4-10(15)7-17-14(9)20-11-2-3-12-13(5-11)19-8-18-12/h2-5,7,16H,6,8H2,1H3. The minimum absolute atomic E-state index is 0.207. The van der Waals surface area contributed by atoms with Crippen molar-refractivity contribution < 1.29 is 18.6 Å². The van der Waals surface area contributed by atoms with Crippen LogP contribution in [0.15, 0.2) is 30.5 Å². The van der Waals surface area contributed by atoms with Crippen molar-refractivity contribution in [2.75, 3.05) is 13.8 Å². The first-order valence-electron chi connectivity index (χ1n) is 6.13. The predicted octanol–water partition coefficient (Wildman–Crippen LogP) is 2.46. The molecular formula is C14H13FN2O3. The zero-order valence-electron chi connectivity index (χ0n) is 10.9. The smallest absolute Gasteiger partial charge is 0.231 e. The Morgan fingerprint density at radius 2 is 2.15 bits per heavy atom. The van der Waals surface area contributed by atoms with Crippen LogP contribution in [0.4, 0.5) is 4.39 Å². The van der Waals surface area contributed by atoms with Gasteiger partial charge in [-0.2, -0.15) is 0 Å². The maximum absolute atomic E-state index is 13.2. The van der Waals surface area contributed by atoms with E-state index < -0.39 is 5.82 Å². The first-order valence-corrected chi connectivity index (χ1v) is 6.13. The number of hydrogen-bond acceptors (Lipinski definition) is 5. The number of fused-ring (bicyclic) bond motifs is 1. The number of nitrogens with one attached hydrogen (secondary N) is 1. The summed E-state index contributed by atoms with van der Waals surface area (Å²) in [7, 11) is 1.77. The molecule has 1 N–H and O–H groups in total. The van der Waals surface area contributed by atoms with Crippen molar-refractivity contribution >= 4 is 0 Å². The number of rotatable bonds is 4. The second kappa shape index (κ2) is 5.34. The first kappa shape index (κ1) is 12.7. The quantitative estimate of drug-likeness (QED) is 0.929. The SMILES string of the molecule is CNCc1cc(F)cnc1Oc1ccc2c(c1)OCO2. The second-order valence-electron chi connectivity index (χ2n) is 4.27. The zero-order chi connectivity index (χ0) is 13.9. The number of benzene rings is 1. The van der Waals surface area contributed by atoms with Crippen LogP contribution in [-0.4, -0.2) is 18.8 Å². The van der Waals surface area contributed by atoms with Gasteiger partial charge in [-0.25, -0.2) is 9.37 Å². The summed E-state index contributed by atoms with van der Waals surface area (Å²) in [4.78, 5) is 3.98. The molecule has 0 saturated carbocycles. The van der Waals surface area contributed by atoms with Crippen LogP contribution in [-0.2, 0) is 6.54 Å². The van der Waals surface area contributed by atoms with Crippen LogP contribution < -0.4 is 19.5 Å². The molecule has 5 nitrogen and oxygen atoms in total. The third-order valence-electron chi connectivity index (χ3n) is 2.82. The van der Waals surface area contributed by atoms with Crippen molar-refractivity contribution in [2.45, 2.75) is 6.54 Å². The van der Waals surface area contributed by atoms with E-state index in [1.165, 1.54) is 6.07 Å². The van der Waals surface area contributed by atoms with E-state index in [0.717, 1.165) is 6.20 Å². The van der Waals surface area contributed by atoms with Gasteiger partial charge in [0.25, 0.3) is 0 Å². The molecule has 3 rings (SSSR count). The molecule has 0 atom stereocenters. The van der Waals surface area contributed by atoms with E-state index in [0.29, 0.717) is 35.2 Å². The Hall–Kier alpha value is -2.34. The Labute approximate surface area is 115 Å². The van der Waals surface area contributed by atoms with Gasteiger partial charge in [0, 0.05) is 18.2 Å². The molecule has 0 fully saturated rings. The van der Waals surface area contributed by atoms with Crippen LogP contribution in [0.2, 0.25) is 0 Å². The van der Waals surface area contributed by atoms with Crippen LogP contribution >= 0.6 is 0 Å². The molecule has 0 amide bonds. The predicted molar refractivity (Wildman–Crippen MR) is 69.6 cm³/mol. The van der Waals surface area contributed by atoms with Crippen molar-refractivity contribution in [3.63, 3.8) is 0 Å². The molecule has 0 spiro atoms. The van der Waals surface area contributed by atoms with Crippen molar-refractivity contribution in [2.24, 2.45) is 0 Å². The van der Waals surface area contributed by atoms with E-state index in [-0.39, 0.29) is 6.79 Å². The normalized spacial score (nSPS) is 12.5. The minimum atomic E-state index is -0.395. The van der Waals surface area contributed by atoms with Gasteiger partial charge >= 0.3 is 0 Å². The Kier molecular flexibility index (Phi) is 3.39. The molecule has 6 heteroatoms. The topological polar surface area (TPSA) is 52.6 Å². The minimum Gasteiger partial charge on any atom is -0.454 e. The Balaban J connectivity index is 1.87. The number of nitrogens with zero attached hydrogens (tertiary/aromatic N) is 1. The molecule has 1 aromatic heterocycles. The number of hydrogen-bond donors (Lipinski definition) is 1. The van der Waals surface area contributed by atoms with Gasteiger partial charge < -0.3 is 19.5 Å². The van der Waals surface area contributed by atoms with Crippen LogP contribution in [0.1, 0.15) is 5.56 Å². The molecule has 104 valence electrons. The molecule has 0 aliphatic carbocycles. The summed E-state index contributed by atoms with van der Waals surface area (Å²) in [6, 6.07) is 6.63. The average Bonchev–Trinajstić information content (AvgIpc) is 2.89. The van der Waals surface area contributed by atoms with Gasteiger partial charge in [-0.15, -0.1) is 0 Å². The van der Waals surface area contributed by atoms with E-state index in [2.05, 4.69) is 10.3 Å². The van der Waals surface area contributed by atoms with Crippen molar-refractivity contribution in [1.29, 1.82) is 0 Å². The highest BCUT2D eigenvalue weighted by atomic mass is 19.1. The van der Waals surface area contributed by atoms with Crippen LogP contribution in [0.3, 0.4) is 0 Å². The summed E-state index contributed by atoms with van der Waals surface area (Å²) in [5, 5.41) is 2.95. The lowest BCUT2D eigenvalue weighted by atomic mass is 10.2. The van der Waals surface area contributed by atoms with Gasteiger partial charge in [0.05, 0.1) is 6.20 Å². The Bertz CT molecular complexity index is 634. The maximum atomic E-state index is 13.2. The van der Waals surface area contributed by atoms with Gasteiger partial charge in [0.15, 0.2) is 11.5 Å². The third-order valence-corrected chi connectivity index (χ3v) is 2.82. The molecule has 1 aliphatic heterocycles. The third kappa shape index (κ3) is 2.50. The summed E-state index contributed by atoms with van der Waals surface area (Å²) in [6.45, 7) is 0.670. The van der Waals surface area contributed by atoms with Crippen LogP contribution in [0, 0.1) is 5.82 Å². The van der Waals surface area contributed by atoms with Gasteiger partial charge in [-0.3, -0.25) is 0 Å². The molecule has 20 heavy (non-hydrogen) atoms. The molecule has 0 unspecified atom stereocenters. The highest BCUT2D eigenvalue weighted by Crippen LogP contribution is 2.36. The highest BCUT2D eigenvalue weighted by Gasteiger charge is 2.15. The molecular weight excluding hydrogens is 263 g/mol. The van der Waals surface area contributed by atoms with Gasteiger partial charge in [0.1, 0.15) is 11.6 Å². The van der Waals surface area contributed by atoms with Gasteiger partial charge in [-0.05, 0) is 25.2 Å². The fraction of sp³-hybridized carbons (Fsp3) is 0.214.